The van der Waals surface area contributed by atoms with Gasteiger partial charge in [0.2, 0.25) is 0 Å². The van der Waals surface area contributed by atoms with E-state index in [0.717, 1.165) is 18.4 Å². The van der Waals surface area contributed by atoms with E-state index in [-0.39, 0.29) is 11.9 Å². The minimum absolute atomic E-state index is 0.0693. The fraction of sp³-hybridized carbons (Fsp3) is 0.286. The number of furan rings is 1. The van der Waals surface area contributed by atoms with Gasteiger partial charge in [0.25, 0.3) is 5.91 Å². The summed E-state index contributed by atoms with van der Waals surface area (Å²) in [6, 6.07) is 10.7. The molecule has 0 saturated carbocycles. The van der Waals surface area contributed by atoms with E-state index in [1.807, 2.05) is 12.1 Å². The Balaban J connectivity index is 1.74. The predicted octanol–water partition coefficient (Wildman–Crippen LogP) is 5.12. The summed E-state index contributed by atoms with van der Waals surface area (Å²) in [5, 5.41) is 0. The summed E-state index contributed by atoms with van der Waals surface area (Å²) in [7, 11) is 0. The van der Waals surface area contributed by atoms with Crippen molar-refractivity contribution >= 4 is 46.3 Å². The maximum atomic E-state index is 12.5. The Morgan fingerprint density at radius 1 is 1.21 bits per heavy atom. The summed E-state index contributed by atoms with van der Waals surface area (Å²) >= 11 is 6.62. The van der Waals surface area contributed by atoms with Crippen molar-refractivity contribution in [3.05, 3.63) is 52.6 Å². The lowest BCUT2D eigenvalue weighted by Gasteiger charge is -2.12. The van der Waals surface area contributed by atoms with Crippen molar-refractivity contribution in [2.45, 2.75) is 26.7 Å². The Hall–Kier alpha value is -2.38. The van der Waals surface area contributed by atoms with Crippen LogP contribution < -0.4 is 0 Å². The first-order valence-electron chi connectivity index (χ1n) is 9.16. The summed E-state index contributed by atoms with van der Waals surface area (Å²) in [5.74, 6) is 0.822. The Morgan fingerprint density at radius 2 is 1.96 bits per heavy atom. The van der Waals surface area contributed by atoms with Crippen molar-refractivity contribution in [3.63, 3.8) is 0 Å². The molecular formula is C21H21NO4S2. The van der Waals surface area contributed by atoms with Gasteiger partial charge in [-0.3, -0.25) is 9.69 Å². The fourth-order valence-electron chi connectivity index (χ4n) is 2.71. The van der Waals surface area contributed by atoms with Crippen molar-refractivity contribution in [2.75, 3.05) is 13.2 Å². The quantitative estimate of drug-likeness (QED) is 0.355. The number of unbranched alkanes of at least 4 members (excludes halogenated alkanes) is 1. The van der Waals surface area contributed by atoms with E-state index in [4.69, 9.17) is 21.4 Å². The minimum Gasteiger partial charge on any atom is -0.462 e. The normalized spacial score (nSPS) is 15.5. The Labute approximate surface area is 173 Å². The van der Waals surface area contributed by atoms with Gasteiger partial charge in [0.05, 0.1) is 17.1 Å². The van der Waals surface area contributed by atoms with Crippen molar-refractivity contribution in [1.82, 2.24) is 4.90 Å². The number of rotatable bonds is 7. The van der Waals surface area contributed by atoms with Gasteiger partial charge in [-0.2, -0.15) is 0 Å². The molecule has 0 spiro atoms. The molecule has 1 fully saturated rings. The third kappa shape index (κ3) is 4.54. The van der Waals surface area contributed by atoms with Gasteiger partial charge >= 0.3 is 5.97 Å². The maximum Gasteiger partial charge on any atom is 0.338 e. The first-order chi connectivity index (χ1) is 13.5. The topological polar surface area (TPSA) is 59.8 Å². The third-order valence-corrected chi connectivity index (χ3v) is 5.57. The molecule has 7 heteroatoms. The number of ether oxygens (including phenoxy) is 1. The van der Waals surface area contributed by atoms with Crippen molar-refractivity contribution < 1.29 is 18.7 Å². The Bertz CT molecular complexity index is 915. The molecular weight excluding hydrogens is 394 g/mol. The second kappa shape index (κ2) is 9.21. The molecule has 28 heavy (non-hydrogen) atoms. The lowest BCUT2D eigenvalue weighted by atomic mass is 10.1. The summed E-state index contributed by atoms with van der Waals surface area (Å²) in [5.41, 5.74) is 1.33. The molecule has 0 radical (unpaired) electrons. The number of carbonyl (C=O) groups is 2. The van der Waals surface area contributed by atoms with E-state index < -0.39 is 0 Å². The zero-order valence-electron chi connectivity index (χ0n) is 15.8. The van der Waals surface area contributed by atoms with Crippen LogP contribution in [0.15, 0.2) is 45.7 Å². The molecule has 5 nitrogen and oxygen atoms in total. The SMILES string of the molecule is CCCCN1C(=O)C(=Cc2ccc(-c3ccc(C(=O)OCC)cc3)o2)SC1=S. The van der Waals surface area contributed by atoms with Crippen LogP contribution in [0, 0.1) is 0 Å². The lowest BCUT2D eigenvalue weighted by Crippen LogP contribution is -2.28. The van der Waals surface area contributed by atoms with Crippen LogP contribution >= 0.6 is 24.0 Å². The van der Waals surface area contributed by atoms with Crippen LogP contribution in [0.3, 0.4) is 0 Å². The van der Waals surface area contributed by atoms with Crippen LogP contribution in [0.25, 0.3) is 17.4 Å². The zero-order valence-corrected chi connectivity index (χ0v) is 17.4. The average molecular weight is 416 g/mol. The Morgan fingerprint density at radius 3 is 2.64 bits per heavy atom. The number of nitrogens with zero attached hydrogens (tertiary/aromatic N) is 1. The van der Waals surface area contributed by atoms with Crippen molar-refractivity contribution in [2.24, 2.45) is 0 Å². The van der Waals surface area contributed by atoms with Crippen LogP contribution in [-0.4, -0.2) is 34.2 Å². The maximum absolute atomic E-state index is 12.5. The monoisotopic (exact) mass is 415 g/mol. The highest BCUT2D eigenvalue weighted by Crippen LogP contribution is 2.33. The third-order valence-electron chi connectivity index (χ3n) is 4.19. The molecule has 0 N–H and O–H groups in total. The number of amides is 1. The number of thioether (sulfide) groups is 1. The van der Waals surface area contributed by atoms with E-state index in [2.05, 4.69) is 6.92 Å². The van der Waals surface area contributed by atoms with Crippen LogP contribution in [-0.2, 0) is 9.53 Å². The van der Waals surface area contributed by atoms with Gasteiger partial charge in [0.1, 0.15) is 15.8 Å². The van der Waals surface area contributed by atoms with E-state index in [0.29, 0.717) is 39.5 Å². The fourth-order valence-corrected chi connectivity index (χ4v) is 4.00. The molecule has 1 aliphatic rings. The first-order valence-corrected chi connectivity index (χ1v) is 10.4. The summed E-state index contributed by atoms with van der Waals surface area (Å²) in [6.45, 7) is 4.84. The van der Waals surface area contributed by atoms with Crippen molar-refractivity contribution in [3.8, 4) is 11.3 Å². The van der Waals surface area contributed by atoms with Crippen molar-refractivity contribution in [1.29, 1.82) is 0 Å². The van der Waals surface area contributed by atoms with Gasteiger partial charge in [-0.15, -0.1) is 0 Å². The van der Waals surface area contributed by atoms with Crippen LogP contribution in [0.4, 0.5) is 0 Å². The average Bonchev–Trinajstić information content (AvgIpc) is 3.26. The smallest absolute Gasteiger partial charge is 0.338 e. The highest BCUT2D eigenvalue weighted by Gasteiger charge is 2.31. The second-order valence-electron chi connectivity index (χ2n) is 6.19. The van der Waals surface area contributed by atoms with Gasteiger partial charge in [-0.25, -0.2) is 4.79 Å². The number of hydrogen-bond acceptors (Lipinski definition) is 6. The zero-order chi connectivity index (χ0) is 20.1. The summed E-state index contributed by atoms with van der Waals surface area (Å²) < 4.78 is 11.4. The standard InChI is InChI=1S/C21H21NO4S2/c1-3-5-12-22-19(23)18(28-21(22)27)13-16-10-11-17(26-16)14-6-8-15(9-7-14)20(24)25-4-2/h6-11,13H,3-5,12H2,1-2H3. The highest BCUT2D eigenvalue weighted by molar-refractivity contribution is 8.26. The lowest BCUT2D eigenvalue weighted by molar-refractivity contribution is -0.122. The van der Waals surface area contributed by atoms with Gasteiger partial charge in [-0.1, -0.05) is 49.5 Å². The predicted molar refractivity (Wildman–Crippen MR) is 115 cm³/mol. The number of hydrogen-bond donors (Lipinski definition) is 0. The number of benzene rings is 1. The van der Waals surface area contributed by atoms with Crippen LogP contribution in [0.2, 0.25) is 0 Å². The van der Waals surface area contributed by atoms with Gasteiger partial charge in [-0.05, 0) is 37.6 Å². The molecule has 146 valence electrons. The second-order valence-corrected chi connectivity index (χ2v) is 7.86. The molecule has 0 atom stereocenters. The first kappa shape index (κ1) is 20.4. The summed E-state index contributed by atoms with van der Waals surface area (Å²) in [4.78, 5) is 26.5. The number of esters is 1. The molecule has 1 aromatic carbocycles. The molecule has 1 amide bonds. The van der Waals surface area contributed by atoms with Crippen LogP contribution in [0.5, 0.6) is 0 Å². The number of thiocarbonyl (C=S) groups is 1. The van der Waals surface area contributed by atoms with E-state index in [9.17, 15) is 9.59 Å². The molecule has 2 heterocycles. The molecule has 0 unspecified atom stereocenters. The molecule has 1 aromatic heterocycles. The largest absolute Gasteiger partial charge is 0.462 e. The molecule has 1 aliphatic heterocycles. The Kier molecular flexibility index (Phi) is 6.70. The molecule has 0 aliphatic carbocycles. The van der Waals surface area contributed by atoms with Gasteiger partial charge in [0, 0.05) is 18.2 Å². The molecule has 3 rings (SSSR count). The van der Waals surface area contributed by atoms with E-state index >= 15 is 0 Å². The van der Waals surface area contributed by atoms with Crippen LogP contribution in [0.1, 0.15) is 42.8 Å². The van der Waals surface area contributed by atoms with E-state index in [1.54, 1.807) is 42.2 Å². The van der Waals surface area contributed by atoms with E-state index in [1.165, 1.54) is 11.8 Å². The molecule has 0 bridgehead atoms. The van der Waals surface area contributed by atoms with Gasteiger partial charge in [0.15, 0.2) is 0 Å². The van der Waals surface area contributed by atoms with Gasteiger partial charge < -0.3 is 9.15 Å². The highest BCUT2D eigenvalue weighted by atomic mass is 32.2. The minimum atomic E-state index is -0.348. The molecule has 1 saturated heterocycles. The summed E-state index contributed by atoms with van der Waals surface area (Å²) in [6.07, 6.45) is 3.65. The number of carbonyl (C=O) groups excluding carboxylic acids is 2. The molecule has 2 aromatic rings.